The van der Waals surface area contributed by atoms with E-state index >= 15 is 0 Å². The number of nitrogens with zero attached hydrogens (tertiary/aromatic N) is 1. The molecule has 1 aliphatic heterocycles. The van der Waals surface area contributed by atoms with E-state index in [0.29, 0.717) is 37.4 Å². The van der Waals surface area contributed by atoms with Crippen molar-refractivity contribution in [3.63, 3.8) is 0 Å². The summed E-state index contributed by atoms with van der Waals surface area (Å²) >= 11 is 0. The van der Waals surface area contributed by atoms with Crippen LogP contribution in [0.15, 0.2) is 71.3 Å². The molecule has 0 saturated carbocycles. The third kappa shape index (κ3) is 3.15. The molecule has 2 atom stereocenters. The Morgan fingerprint density at radius 3 is 2.31 bits per heavy atom. The molecule has 2 aromatic carbocycles. The molecule has 7 rings (SSSR count). The normalized spacial score (nSPS) is 25.5. The summed E-state index contributed by atoms with van der Waals surface area (Å²) in [6.45, 7) is 1.52. The third-order valence-electron chi connectivity index (χ3n) is 7.47. The number of furan rings is 1. The van der Waals surface area contributed by atoms with Gasteiger partial charge in [-0.25, -0.2) is 0 Å². The Balaban J connectivity index is 1.15. The van der Waals surface area contributed by atoms with E-state index in [4.69, 9.17) is 4.42 Å². The molecule has 5 heteroatoms. The van der Waals surface area contributed by atoms with E-state index in [1.165, 1.54) is 22.3 Å². The highest BCUT2D eigenvalue weighted by molar-refractivity contribution is 5.89. The Morgan fingerprint density at radius 2 is 1.66 bits per heavy atom. The van der Waals surface area contributed by atoms with Gasteiger partial charge in [0.15, 0.2) is 0 Å². The highest BCUT2D eigenvalue weighted by Gasteiger charge is 2.43. The zero-order valence-corrected chi connectivity index (χ0v) is 17.9. The summed E-state index contributed by atoms with van der Waals surface area (Å²) in [6, 6.07) is 21.2. The summed E-state index contributed by atoms with van der Waals surface area (Å²) in [6.07, 6.45) is 2.93. The standard InChI is InChI=1S/C27H26N2O3/c30-25-13-18(15-29(25)16-19-6-5-11-32-19)27(31)28-14-17-12-24-20-7-1-3-9-22(20)26(17)23-10-4-2-8-21(23)24/h1-11,17-18,24,26H,12-16H2,(H,28,31). The third-order valence-corrected chi connectivity index (χ3v) is 7.47. The fraction of sp³-hybridized carbons (Fsp3) is 0.333. The van der Waals surface area contributed by atoms with Crippen molar-refractivity contribution in [1.29, 1.82) is 0 Å². The van der Waals surface area contributed by atoms with E-state index < -0.39 is 0 Å². The number of hydrogen-bond acceptors (Lipinski definition) is 3. The number of benzene rings is 2. The van der Waals surface area contributed by atoms with Crippen molar-refractivity contribution in [2.24, 2.45) is 11.8 Å². The maximum absolute atomic E-state index is 13.0. The molecule has 2 heterocycles. The van der Waals surface area contributed by atoms with Crippen molar-refractivity contribution >= 4 is 11.8 Å². The van der Waals surface area contributed by atoms with Crippen LogP contribution in [0.3, 0.4) is 0 Å². The molecule has 162 valence electrons. The molecule has 5 nitrogen and oxygen atoms in total. The number of rotatable bonds is 5. The van der Waals surface area contributed by atoms with E-state index in [-0.39, 0.29) is 24.2 Å². The van der Waals surface area contributed by atoms with Crippen LogP contribution in [0.4, 0.5) is 0 Å². The van der Waals surface area contributed by atoms with Crippen LogP contribution in [0.1, 0.15) is 52.7 Å². The molecule has 3 aromatic rings. The molecule has 1 saturated heterocycles. The molecule has 1 fully saturated rings. The molecule has 2 amide bonds. The Bertz CT molecular complexity index is 1120. The van der Waals surface area contributed by atoms with Gasteiger partial charge in [0.25, 0.3) is 0 Å². The molecule has 4 aliphatic rings. The van der Waals surface area contributed by atoms with Gasteiger partial charge < -0.3 is 14.6 Å². The Kier molecular flexibility index (Phi) is 4.63. The minimum Gasteiger partial charge on any atom is -0.467 e. The van der Waals surface area contributed by atoms with E-state index in [1.807, 2.05) is 12.1 Å². The van der Waals surface area contributed by atoms with Crippen molar-refractivity contribution < 1.29 is 14.0 Å². The van der Waals surface area contributed by atoms with Crippen LogP contribution in [0.2, 0.25) is 0 Å². The van der Waals surface area contributed by atoms with Gasteiger partial charge in [-0.2, -0.15) is 0 Å². The van der Waals surface area contributed by atoms with Crippen LogP contribution in [0, 0.1) is 11.8 Å². The van der Waals surface area contributed by atoms with Crippen molar-refractivity contribution in [1.82, 2.24) is 10.2 Å². The van der Waals surface area contributed by atoms with Crippen LogP contribution >= 0.6 is 0 Å². The fourth-order valence-corrected chi connectivity index (χ4v) is 6.03. The quantitative estimate of drug-likeness (QED) is 0.670. The van der Waals surface area contributed by atoms with Crippen LogP contribution in [-0.4, -0.2) is 29.8 Å². The molecule has 2 bridgehead atoms. The lowest BCUT2D eigenvalue weighted by atomic mass is 9.59. The van der Waals surface area contributed by atoms with Crippen molar-refractivity contribution in [3.8, 4) is 0 Å². The first-order chi connectivity index (χ1) is 15.7. The van der Waals surface area contributed by atoms with Crippen LogP contribution in [0.5, 0.6) is 0 Å². The number of amides is 2. The number of carbonyl (C=O) groups excluding carboxylic acids is 2. The van der Waals surface area contributed by atoms with E-state index in [0.717, 1.165) is 12.2 Å². The molecule has 2 unspecified atom stereocenters. The van der Waals surface area contributed by atoms with Crippen molar-refractivity contribution in [2.75, 3.05) is 13.1 Å². The lowest BCUT2D eigenvalue weighted by molar-refractivity contribution is -0.129. The summed E-state index contributed by atoms with van der Waals surface area (Å²) in [7, 11) is 0. The monoisotopic (exact) mass is 426 g/mol. The molecular weight excluding hydrogens is 400 g/mol. The summed E-state index contributed by atoms with van der Waals surface area (Å²) in [4.78, 5) is 27.1. The average molecular weight is 427 g/mol. The SMILES string of the molecule is O=C(NCC1CC2c3ccccc3C1c1ccccc12)C1CC(=O)N(Cc2ccco2)C1. The van der Waals surface area contributed by atoms with Gasteiger partial charge in [-0.3, -0.25) is 9.59 Å². The van der Waals surface area contributed by atoms with Crippen LogP contribution in [0.25, 0.3) is 0 Å². The molecular formula is C27H26N2O3. The van der Waals surface area contributed by atoms with Gasteiger partial charge in [0.1, 0.15) is 5.76 Å². The van der Waals surface area contributed by atoms with Crippen molar-refractivity contribution in [2.45, 2.75) is 31.2 Å². The first-order valence-corrected chi connectivity index (χ1v) is 11.4. The van der Waals surface area contributed by atoms with Crippen LogP contribution in [-0.2, 0) is 16.1 Å². The molecule has 32 heavy (non-hydrogen) atoms. The Labute approximate surface area is 187 Å². The molecule has 1 N–H and O–H groups in total. The van der Waals surface area contributed by atoms with Gasteiger partial charge >= 0.3 is 0 Å². The first kappa shape index (κ1) is 19.4. The first-order valence-electron chi connectivity index (χ1n) is 11.4. The van der Waals surface area contributed by atoms with E-state index in [2.05, 4.69) is 53.8 Å². The summed E-state index contributed by atoms with van der Waals surface area (Å²) in [5.41, 5.74) is 5.69. The second-order valence-electron chi connectivity index (χ2n) is 9.28. The van der Waals surface area contributed by atoms with E-state index in [9.17, 15) is 9.59 Å². The average Bonchev–Trinajstić information content (AvgIpc) is 3.48. The number of carbonyl (C=O) groups is 2. The second kappa shape index (κ2) is 7.66. The number of likely N-dealkylation sites (tertiary alicyclic amines) is 1. The minimum absolute atomic E-state index is 0.0108. The lowest BCUT2D eigenvalue weighted by Crippen LogP contribution is -2.41. The van der Waals surface area contributed by atoms with Gasteiger partial charge in [-0.1, -0.05) is 48.5 Å². The maximum atomic E-state index is 13.0. The predicted molar refractivity (Wildman–Crippen MR) is 120 cm³/mol. The van der Waals surface area contributed by atoms with Gasteiger partial charge in [0.2, 0.25) is 11.8 Å². The highest BCUT2D eigenvalue weighted by Crippen LogP contribution is 2.55. The second-order valence-corrected chi connectivity index (χ2v) is 9.28. The summed E-state index contributed by atoms with van der Waals surface area (Å²) in [5, 5.41) is 3.20. The molecule has 3 aliphatic carbocycles. The van der Waals surface area contributed by atoms with Gasteiger partial charge in [0, 0.05) is 31.3 Å². The topological polar surface area (TPSA) is 62.6 Å². The van der Waals surface area contributed by atoms with Crippen LogP contribution < -0.4 is 5.32 Å². The van der Waals surface area contributed by atoms with Crippen molar-refractivity contribution in [3.05, 3.63) is 94.9 Å². The Morgan fingerprint density at radius 1 is 0.969 bits per heavy atom. The predicted octanol–water partition coefficient (Wildman–Crippen LogP) is 4.04. The number of nitrogens with one attached hydrogen (secondary N) is 1. The van der Waals surface area contributed by atoms with Gasteiger partial charge in [0.05, 0.1) is 18.7 Å². The van der Waals surface area contributed by atoms with Gasteiger partial charge in [-0.15, -0.1) is 0 Å². The van der Waals surface area contributed by atoms with Gasteiger partial charge in [-0.05, 0) is 46.7 Å². The molecule has 1 aromatic heterocycles. The van der Waals surface area contributed by atoms with E-state index in [1.54, 1.807) is 11.2 Å². The maximum Gasteiger partial charge on any atom is 0.225 e. The zero-order valence-electron chi connectivity index (χ0n) is 17.9. The molecule has 0 radical (unpaired) electrons. The Hall–Kier alpha value is -3.34. The number of hydrogen-bond donors (Lipinski definition) is 1. The summed E-state index contributed by atoms with van der Waals surface area (Å²) in [5.74, 6) is 1.53. The highest BCUT2D eigenvalue weighted by atomic mass is 16.3. The fourth-order valence-electron chi connectivity index (χ4n) is 6.03. The largest absolute Gasteiger partial charge is 0.467 e. The number of fused-ring (bicyclic) bond motifs is 1. The smallest absolute Gasteiger partial charge is 0.225 e. The zero-order chi connectivity index (χ0) is 21.7. The minimum atomic E-state index is -0.294. The molecule has 0 spiro atoms. The lowest BCUT2D eigenvalue weighted by Gasteiger charge is -2.45. The summed E-state index contributed by atoms with van der Waals surface area (Å²) < 4.78 is 5.36.